The fourth-order valence-electron chi connectivity index (χ4n) is 4.32. The molecule has 0 N–H and O–H groups in total. The number of alkyl halides is 3. The molecule has 0 saturated heterocycles. The van der Waals surface area contributed by atoms with Crippen LogP contribution in [0.5, 0.6) is 0 Å². The number of nitrogens with zero attached hydrogens (tertiary/aromatic N) is 3. The van der Waals surface area contributed by atoms with Gasteiger partial charge in [-0.1, -0.05) is 93.2 Å². The Labute approximate surface area is 227 Å². The van der Waals surface area contributed by atoms with Crippen molar-refractivity contribution in [2.75, 3.05) is 0 Å². The number of rotatable bonds is 16. The molecule has 11 heteroatoms. The molecule has 0 bridgehead atoms. The van der Waals surface area contributed by atoms with Gasteiger partial charge in [0.1, 0.15) is 0 Å². The maximum absolute atomic E-state index is 12.8. The molecule has 0 saturated carbocycles. The number of benzene rings is 2. The van der Waals surface area contributed by atoms with Gasteiger partial charge in [0.2, 0.25) is 0 Å². The first-order chi connectivity index (χ1) is 18.7. The molecule has 0 amide bonds. The van der Waals surface area contributed by atoms with Crippen LogP contribution in [0.3, 0.4) is 0 Å². The maximum Gasteiger partial charge on any atom is 0.501 e. The molecule has 212 valence electrons. The standard InChI is InChI=1S/C28H34F3N3O4S/c1-2-3-4-5-6-7-8-9-10-14-26-32-27(38-34-26)23-13-11-12-22(20-23)25(33-35)19-21-15-17-24(18-16-21)39(36,37)28(29,30)31/h11-13,15-18,20,25H,2-10,14,19H2,1H3. The van der Waals surface area contributed by atoms with Crippen molar-refractivity contribution in [3.05, 3.63) is 65.5 Å². The first-order valence-electron chi connectivity index (χ1n) is 13.3. The summed E-state index contributed by atoms with van der Waals surface area (Å²) < 4.78 is 66.9. The molecular weight excluding hydrogens is 531 g/mol. The Bertz CT molecular complexity index is 1260. The van der Waals surface area contributed by atoms with Crippen LogP contribution >= 0.6 is 0 Å². The van der Waals surface area contributed by atoms with E-state index in [4.69, 9.17) is 4.52 Å². The van der Waals surface area contributed by atoms with Crippen molar-refractivity contribution >= 4 is 9.84 Å². The summed E-state index contributed by atoms with van der Waals surface area (Å²) in [6.45, 7) is 2.22. The average Bonchev–Trinajstić information content (AvgIpc) is 3.39. The molecule has 7 nitrogen and oxygen atoms in total. The molecule has 1 aromatic heterocycles. The molecule has 3 aromatic rings. The summed E-state index contributed by atoms with van der Waals surface area (Å²) in [7, 11) is -5.44. The maximum atomic E-state index is 12.8. The lowest BCUT2D eigenvalue weighted by atomic mass is 9.98. The summed E-state index contributed by atoms with van der Waals surface area (Å²) in [5.74, 6) is 0.950. The van der Waals surface area contributed by atoms with E-state index in [1.54, 1.807) is 24.3 Å². The Morgan fingerprint density at radius 1 is 0.923 bits per heavy atom. The minimum Gasteiger partial charge on any atom is -0.334 e. The molecule has 1 atom stereocenters. The van der Waals surface area contributed by atoms with E-state index in [1.807, 2.05) is 0 Å². The molecule has 2 radical (unpaired) electrons. The molecular formula is C28H34F3N3O4S. The minimum absolute atomic E-state index is 0.0764. The lowest BCUT2D eigenvalue weighted by Gasteiger charge is -2.14. The Balaban J connectivity index is 1.56. The van der Waals surface area contributed by atoms with E-state index in [0.29, 0.717) is 28.4 Å². The quantitative estimate of drug-likeness (QED) is 0.133. The van der Waals surface area contributed by atoms with Gasteiger partial charge in [-0.3, -0.25) is 0 Å². The molecule has 1 unspecified atom stereocenters. The summed E-state index contributed by atoms with van der Waals surface area (Å²) in [6.07, 6.45) is 11.8. The Morgan fingerprint density at radius 3 is 2.18 bits per heavy atom. The van der Waals surface area contributed by atoms with Gasteiger partial charge in [0, 0.05) is 12.0 Å². The SMILES string of the molecule is CCCCCCCCCCCc1noc(-c2cccc(C(Cc3ccc(S(=O)(=O)C(F)(F)F)cc3)[N][O])c2)n1. The van der Waals surface area contributed by atoms with Gasteiger partial charge in [0.15, 0.2) is 5.82 Å². The summed E-state index contributed by atoms with van der Waals surface area (Å²) in [5, 5.41) is 15.7. The van der Waals surface area contributed by atoms with Crippen LogP contribution in [0.15, 0.2) is 57.9 Å². The van der Waals surface area contributed by atoms with Crippen LogP contribution < -0.4 is 5.48 Å². The smallest absolute Gasteiger partial charge is 0.334 e. The Morgan fingerprint density at radius 2 is 1.56 bits per heavy atom. The number of unbranched alkanes of at least 4 members (excludes halogenated alkanes) is 8. The highest BCUT2D eigenvalue weighted by Crippen LogP contribution is 2.31. The molecule has 0 aliphatic carbocycles. The van der Waals surface area contributed by atoms with Crippen LogP contribution in [0.4, 0.5) is 13.2 Å². The number of hydrogen-bond acceptors (Lipinski definition) is 5. The van der Waals surface area contributed by atoms with Crippen molar-refractivity contribution in [3.63, 3.8) is 0 Å². The van der Waals surface area contributed by atoms with E-state index in [9.17, 15) is 26.8 Å². The van der Waals surface area contributed by atoms with Gasteiger partial charge in [-0.15, -0.1) is 5.21 Å². The third-order valence-corrected chi connectivity index (χ3v) is 8.09. The third-order valence-electron chi connectivity index (χ3n) is 6.59. The van der Waals surface area contributed by atoms with Crippen LogP contribution in [0, 0.1) is 0 Å². The number of hydrogen-bond donors (Lipinski definition) is 0. The van der Waals surface area contributed by atoms with E-state index in [0.717, 1.165) is 31.4 Å². The summed E-state index contributed by atoms with van der Waals surface area (Å²) in [6, 6.07) is 10.3. The first-order valence-corrected chi connectivity index (χ1v) is 14.8. The first kappa shape index (κ1) is 30.8. The van der Waals surface area contributed by atoms with Crippen molar-refractivity contribution < 1.29 is 31.3 Å². The molecule has 1 heterocycles. The van der Waals surface area contributed by atoms with Crippen molar-refractivity contribution in [1.82, 2.24) is 15.6 Å². The van der Waals surface area contributed by atoms with Gasteiger partial charge in [0.25, 0.3) is 15.7 Å². The van der Waals surface area contributed by atoms with Gasteiger partial charge >= 0.3 is 5.51 Å². The van der Waals surface area contributed by atoms with Crippen molar-refractivity contribution in [2.45, 2.75) is 94.0 Å². The van der Waals surface area contributed by atoms with Gasteiger partial charge in [0.05, 0.1) is 10.9 Å². The van der Waals surface area contributed by atoms with Crippen LogP contribution in [0.1, 0.15) is 87.7 Å². The molecule has 3 rings (SSSR count). The van der Waals surface area contributed by atoms with Gasteiger partial charge in [-0.25, -0.2) is 8.42 Å². The van der Waals surface area contributed by atoms with Gasteiger partial charge in [-0.2, -0.15) is 18.2 Å². The lowest BCUT2D eigenvalue weighted by molar-refractivity contribution is -0.0436. The van der Waals surface area contributed by atoms with Crippen LogP contribution in [-0.4, -0.2) is 24.1 Å². The summed E-state index contributed by atoms with van der Waals surface area (Å²) in [4.78, 5) is 3.62. The van der Waals surface area contributed by atoms with E-state index in [2.05, 4.69) is 22.5 Å². The van der Waals surface area contributed by atoms with Gasteiger partial charge < -0.3 is 4.52 Å². The lowest BCUT2D eigenvalue weighted by Crippen LogP contribution is -2.23. The second kappa shape index (κ2) is 14.6. The predicted molar refractivity (Wildman–Crippen MR) is 140 cm³/mol. The zero-order valence-electron chi connectivity index (χ0n) is 22.0. The van der Waals surface area contributed by atoms with Crippen molar-refractivity contribution in [1.29, 1.82) is 0 Å². The molecule has 0 fully saturated rings. The molecule has 0 spiro atoms. The average molecular weight is 566 g/mol. The van der Waals surface area contributed by atoms with Crippen LogP contribution in [0.25, 0.3) is 11.5 Å². The summed E-state index contributed by atoms with van der Waals surface area (Å²) in [5.41, 5.74) is -0.558. The number of sulfone groups is 1. The van der Waals surface area contributed by atoms with Crippen molar-refractivity contribution in [3.8, 4) is 11.5 Å². The van der Waals surface area contributed by atoms with E-state index >= 15 is 0 Å². The second-order valence-corrected chi connectivity index (χ2v) is 11.6. The topological polar surface area (TPSA) is 107 Å². The highest BCUT2D eigenvalue weighted by atomic mass is 32.2. The van der Waals surface area contributed by atoms with Crippen molar-refractivity contribution in [2.24, 2.45) is 0 Å². The summed E-state index contributed by atoms with van der Waals surface area (Å²) >= 11 is 0. The largest absolute Gasteiger partial charge is 0.501 e. The number of hydroxylamine groups is 1. The molecule has 39 heavy (non-hydrogen) atoms. The van der Waals surface area contributed by atoms with Crippen LogP contribution in [-0.2, 0) is 27.9 Å². The molecule has 0 aliphatic heterocycles. The van der Waals surface area contributed by atoms with Gasteiger partial charge in [-0.05, 0) is 48.2 Å². The highest BCUT2D eigenvalue weighted by Gasteiger charge is 2.46. The van der Waals surface area contributed by atoms with E-state index in [1.165, 1.54) is 57.1 Å². The number of aromatic nitrogens is 2. The normalized spacial score (nSPS) is 13.1. The third kappa shape index (κ3) is 8.87. The van der Waals surface area contributed by atoms with Crippen LogP contribution in [0.2, 0.25) is 0 Å². The Hall–Kier alpha value is -2.76. The number of halogens is 3. The zero-order valence-corrected chi connectivity index (χ0v) is 22.8. The Kier molecular flexibility index (Phi) is 11.5. The fourth-order valence-corrected chi connectivity index (χ4v) is 5.08. The second-order valence-electron chi connectivity index (χ2n) is 9.64. The van der Waals surface area contributed by atoms with E-state index in [-0.39, 0.29) is 6.42 Å². The highest BCUT2D eigenvalue weighted by molar-refractivity contribution is 7.92. The van der Waals surface area contributed by atoms with E-state index < -0.39 is 26.3 Å². The monoisotopic (exact) mass is 565 g/mol. The predicted octanol–water partition coefficient (Wildman–Crippen LogP) is 7.34. The molecule has 0 aliphatic rings. The minimum atomic E-state index is -5.44. The number of aryl methyl sites for hydroxylation is 1. The molecule has 2 aromatic carbocycles. The fraction of sp³-hybridized carbons (Fsp3) is 0.500. The zero-order chi connectivity index (χ0) is 28.3.